The number of carbonyl (C=O) groups is 1. The second kappa shape index (κ2) is 12.7. The molecule has 28 heavy (non-hydrogen) atoms. The summed E-state index contributed by atoms with van der Waals surface area (Å²) in [4.78, 5) is 13.7. The molecule has 0 aliphatic heterocycles. The van der Waals surface area contributed by atoms with E-state index in [0.29, 0.717) is 13.2 Å². The molecule has 0 spiro atoms. The van der Waals surface area contributed by atoms with Crippen molar-refractivity contribution in [2.75, 3.05) is 33.4 Å². The maximum Gasteiger partial charge on any atom is 0.330 e. The van der Waals surface area contributed by atoms with Crippen LogP contribution in [0.15, 0.2) is 66.7 Å². The Hall–Kier alpha value is -2.69. The molecule has 0 amide bonds. The van der Waals surface area contributed by atoms with Gasteiger partial charge in [0, 0.05) is 32.8 Å². The Balaban J connectivity index is 1.93. The Morgan fingerprint density at radius 1 is 1.00 bits per heavy atom. The normalized spacial score (nSPS) is 11.5. The second-order valence-corrected chi connectivity index (χ2v) is 6.37. The van der Waals surface area contributed by atoms with E-state index in [1.165, 1.54) is 17.2 Å². The third-order valence-corrected chi connectivity index (χ3v) is 4.17. The summed E-state index contributed by atoms with van der Waals surface area (Å²) in [7, 11) is 1.72. The van der Waals surface area contributed by atoms with Gasteiger partial charge < -0.3 is 9.47 Å². The minimum Gasteiger partial charge on any atom is -0.463 e. The fraction of sp³-hybridized carbons (Fsp3) is 0.292. The van der Waals surface area contributed by atoms with Gasteiger partial charge in [-0.15, -0.1) is 0 Å². The monoisotopic (exact) mass is 379 g/mol. The largest absolute Gasteiger partial charge is 0.463 e. The summed E-state index contributed by atoms with van der Waals surface area (Å²) in [6.07, 6.45) is 7.55. The maximum atomic E-state index is 11.4. The Labute approximate surface area is 168 Å². The van der Waals surface area contributed by atoms with E-state index in [4.69, 9.17) is 9.47 Å². The standard InChI is InChI=1S/C24H29NO3/c1-3-28-24(26)16-15-22-11-13-23(14-12-22)20-25(18-19-27-2)17-7-10-21-8-5-4-6-9-21/h4-16H,3,17-20H2,1-2H3/b10-7+,16-15+. The van der Waals surface area contributed by atoms with Gasteiger partial charge in [-0.25, -0.2) is 4.79 Å². The molecule has 0 heterocycles. The average Bonchev–Trinajstić information content (AvgIpc) is 2.72. The first-order valence-electron chi connectivity index (χ1n) is 9.58. The van der Waals surface area contributed by atoms with E-state index < -0.39 is 0 Å². The molecule has 148 valence electrons. The van der Waals surface area contributed by atoms with Crippen molar-refractivity contribution < 1.29 is 14.3 Å². The molecular weight excluding hydrogens is 350 g/mol. The van der Waals surface area contributed by atoms with E-state index in [1.807, 2.05) is 30.3 Å². The molecule has 2 aromatic rings. The van der Waals surface area contributed by atoms with Crippen molar-refractivity contribution in [1.29, 1.82) is 0 Å². The van der Waals surface area contributed by atoms with Gasteiger partial charge in [0.2, 0.25) is 0 Å². The highest BCUT2D eigenvalue weighted by molar-refractivity contribution is 5.87. The Bertz CT molecular complexity index is 751. The molecule has 0 aromatic heterocycles. The molecule has 0 fully saturated rings. The number of nitrogens with zero attached hydrogens (tertiary/aromatic N) is 1. The summed E-state index contributed by atoms with van der Waals surface area (Å²) in [5.74, 6) is -0.317. The zero-order chi connectivity index (χ0) is 20.0. The number of esters is 1. The topological polar surface area (TPSA) is 38.8 Å². The first kappa shape index (κ1) is 21.6. The number of hydrogen-bond acceptors (Lipinski definition) is 4. The van der Waals surface area contributed by atoms with Crippen molar-refractivity contribution in [3.8, 4) is 0 Å². The van der Waals surface area contributed by atoms with Gasteiger partial charge in [-0.1, -0.05) is 66.7 Å². The van der Waals surface area contributed by atoms with Gasteiger partial charge in [0.25, 0.3) is 0 Å². The van der Waals surface area contributed by atoms with Crippen LogP contribution in [0.3, 0.4) is 0 Å². The van der Waals surface area contributed by atoms with Crippen molar-refractivity contribution in [2.45, 2.75) is 13.5 Å². The second-order valence-electron chi connectivity index (χ2n) is 6.37. The van der Waals surface area contributed by atoms with Crippen molar-refractivity contribution in [2.24, 2.45) is 0 Å². The number of benzene rings is 2. The van der Waals surface area contributed by atoms with Crippen LogP contribution < -0.4 is 0 Å². The van der Waals surface area contributed by atoms with Crippen LogP contribution in [0, 0.1) is 0 Å². The van der Waals surface area contributed by atoms with E-state index in [2.05, 4.69) is 41.3 Å². The van der Waals surface area contributed by atoms with Crippen LogP contribution in [0.1, 0.15) is 23.6 Å². The van der Waals surface area contributed by atoms with Gasteiger partial charge in [-0.2, -0.15) is 0 Å². The van der Waals surface area contributed by atoms with Crippen molar-refractivity contribution in [3.05, 3.63) is 83.4 Å². The van der Waals surface area contributed by atoms with E-state index in [9.17, 15) is 4.79 Å². The zero-order valence-electron chi connectivity index (χ0n) is 16.7. The molecule has 0 aliphatic carbocycles. The van der Waals surface area contributed by atoms with Crippen LogP contribution in [-0.2, 0) is 20.8 Å². The SMILES string of the molecule is CCOC(=O)/C=C/c1ccc(CN(C/C=C/c2ccccc2)CCOC)cc1. The fourth-order valence-electron chi connectivity index (χ4n) is 2.70. The Morgan fingerprint density at radius 2 is 1.71 bits per heavy atom. The van der Waals surface area contributed by atoms with Crippen LogP contribution in [-0.4, -0.2) is 44.3 Å². The maximum absolute atomic E-state index is 11.4. The number of hydrogen-bond donors (Lipinski definition) is 0. The molecule has 0 saturated carbocycles. The molecule has 0 aliphatic rings. The third kappa shape index (κ3) is 8.33. The van der Waals surface area contributed by atoms with Gasteiger partial charge in [-0.3, -0.25) is 4.90 Å². The number of carbonyl (C=O) groups excluding carboxylic acids is 1. The molecule has 0 radical (unpaired) electrons. The van der Waals surface area contributed by atoms with Crippen molar-refractivity contribution in [1.82, 2.24) is 4.90 Å². The molecule has 0 saturated heterocycles. The minimum absolute atomic E-state index is 0.317. The molecule has 4 nitrogen and oxygen atoms in total. The van der Waals surface area contributed by atoms with Crippen LogP contribution in [0.2, 0.25) is 0 Å². The fourth-order valence-corrected chi connectivity index (χ4v) is 2.70. The summed E-state index contributed by atoms with van der Waals surface area (Å²) in [5, 5.41) is 0. The van der Waals surface area contributed by atoms with Crippen LogP contribution in [0.25, 0.3) is 12.2 Å². The molecule has 4 heteroatoms. The molecule has 2 aromatic carbocycles. The summed E-state index contributed by atoms with van der Waals surface area (Å²) in [6, 6.07) is 18.5. The number of ether oxygens (including phenoxy) is 2. The van der Waals surface area contributed by atoms with Gasteiger partial charge in [0.15, 0.2) is 0 Å². The lowest BCUT2D eigenvalue weighted by Gasteiger charge is -2.20. The molecular formula is C24H29NO3. The first-order chi connectivity index (χ1) is 13.7. The number of methoxy groups -OCH3 is 1. The van der Waals surface area contributed by atoms with Crippen LogP contribution in [0.4, 0.5) is 0 Å². The van der Waals surface area contributed by atoms with Crippen molar-refractivity contribution in [3.63, 3.8) is 0 Å². The molecule has 0 N–H and O–H groups in total. The predicted octanol–water partition coefficient (Wildman–Crippen LogP) is 4.42. The highest BCUT2D eigenvalue weighted by Crippen LogP contribution is 2.10. The highest BCUT2D eigenvalue weighted by Gasteiger charge is 2.04. The summed E-state index contributed by atoms with van der Waals surface area (Å²) >= 11 is 0. The van der Waals surface area contributed by atoms with Gasteiger partial charge in [-0.05, 0) is 29.7 Å². The van der Waals surface area contributed by atoms with Gasteiger partial charge >= 0.3 is 5.97 Å². The van der Waals surface area contributed by atoms with E-state index >= 15 is 0 Å². The lowest BCUT2D eigenvalue weighted by Crippen LogP contribution is -2.27. The molecule has 0 unspecified atom stereocenters. The van der Waals surface area contributed by atoms with Crippen LogP contribution >= 0.6 is 0 Å². The van der Waals surface area contributed by atoms with E-state index in [1.54, 1.807) is 20.1 Å². The smallest absolute Gasteiger partial charge is 0.330 e. The van der Waals surface area contributed by atoms with Crippen LogP contribution in [0.5, 0.6) is 0 Å². The highest BCUT2D eigenvalue weighted by atomic mass is 16.5. The van der Waals surface area contributed by atoms with E-state index in [-0.39, 0.29) is 5.97 Å². The van der Waals surface area contributed by atoms with Crippen molar-refractivity contribution >= 4 is 18.1 Å². The van der Waals surface area contributed by atoms with E-state index in [0.717, 1.165) is 25.2 Å². The zero-order valence-corrected chi connectivity index (χ0v) is 16.7. The Kier molecular flexibility index (Phi) is 9.76. The number of rotatable bonds is 11. The quantitative estimate of drug-likeness (QED) is 0.428. The Morgan fingerprint density at radius 3 is 2.39 bits per heavy atom. The lowest BCUT2D eigenvalue weighted by molar-refractivity contribution is -0.137. The minimum atomic E-state index is -0.317. The third-order valence-electron chi connectivity index (χ3n) is 4.17. The summed E-state index contributed by atoms with van der Waals surface area (Å²) in [5.41, 5.74) is 3.40. The predicted molar refractivity (Wildman–Crippen MR) is 115 cm³/mol. The van der Waals surface area contributed by atoms with Gasteiger partial charge in [0.1, 0.15) is 0 Å². The summed E-state index contributed by atoms with van der Waals surface area (Å²) < 4.78 is 10.1. The van der Waals surface area contributed by atoms with Gasteiger partial charge in [0.05, 0.1) is 13.2 Å². The average molecular weight is 380 g/mol. The molecule has 2 rings (SSSR count). The first-order valence-corrected chi connectivity index (χ1v) is 9.58. The molecule has 0 atom stereocenters. The molecule has 0 bridgehead atoms. The lowest BCUT2D eigenvalue weighted by atomic mass is 10.1. The summed E-state index contributed by atoms with van der Waals surface area (Å²) in [6.45, 7) is 5.43.